The molecule has 19 heavy (non-hydrogen) atoms. The number of amides is 1. The van der Waals surface area contributed by atoms with Crippen LogP contribution < -0.4 is 0 Å². The van der Waals surface area contributed by atoms with Gasteiger partial charge in [0.25, 0.3) is 0 Å². The molecule has 5 heteroatoms. The van der Waals surface area contributed by atoms with Crippen molar-refractivity contribution in [3.8, 4) is 0 Å². The maximum absolute atomic E-state index is 11.8. The molecule has 0 saturated carbocycles. The average Bonchev–Trinajstić information content (AvgIpc) is 2.31. The van der Waals surface area contributed by atoms with Crippen LogP contribution in [-0.2, 0) is 19.1 Å². The Bertz CT molecular complexity index is 349. The van der Waals surface area contributed by atoms with Gasteiger partial charge in [-0.2, -0.15) is 0 Å². The average molecular weight is 269 g/mol. The Morgan fingerprint density at radius 1 is 1.16 bits per heavy atom. The lowest BCUT2D eigenvalue weighted by molar-refractivity contribution is -0.142. The summed E-state index contributed by atoms with van der Waals surface area (Å²) < 4.78 is 4.95. The number of hydrogen-bond acceptors (Lipinski definition) is 4. The fourth-order valence-electron chi connectivity index (χ4n) is 1.41. The van der Waals surface area contributed by atoms with Crippen LogP contribution in [0.3, 0.4) is 0 Å². The second-order valence-corrected chi connectivity index (χ2v) is 4.53. The molecule has 1 amide bonds. The number of esters is 1. The Kier molecular flexibility index (Phi) is 8.49. The molecule has 0 bridgehead atoms. The van der Waals surface area contributed by atoms with E-state index < -0.39 is 5.97 Å². The van der Waals surface area contributed by atoms with Gasteiger partial charge in [0.15, 0.2) is 0 Å². The number of Topliss-reactive ketones (excluding diaryl/α,β-unsaturated/α-hetero) is 1. The van der Waals surface area contributed by atoms with Gasteiger partial charge >= 0.3 is 5.97 Å². The van der Waals surface area contributed by atoms with Crippen LogP contribution in [0, 0.1) is 0 Å². The van der Waals surface area contributed by atoms with E-state index in [2.05, 4.69) is 6.58 Å². The first-order valence-electron chi connectivity index (χ1n) is 6.48. The summed E-state index contributed by atoms with van der Waals surface area (Å²) in [6.07, 6.45) is 1.71. The minimum Gasteiger partial charge on any atom is -0.460 e. The molecule has 0 heterocycles. The number of ketones is 1. The number of ether oxygens (including phenoxy) is 1. The zero-order valence-electron chi connectivity index (χ0n) is 12.0. The van der Waals surface area contributed by atoms with E-state index in [4.69, 9.17) is 4.74 Å². The molecule has 5 nitrogen and oxygen atoms in total. The summed E-state index contributed by atoms with van der Waals surface area (Å²) in [6.45, 7) is 9.46. The van der Waals surface area contributed by atoms with E-state index in [1.807, 2.05) is 6.92 Å². The monoisotopic (exact) mass is 269 g/mol. The molecule has 0 saturated heterocycles. The molecule has 0 fully saturated rings. The van der Waals surface area contributed by atoms with Crippen molar-refractivity contribution in [2.45, 2.75) is 40.0 Å². The lowest BCUT2D eigenvalue weighted by Crippen LogP contribution is -2.36. The molecule has 0 rings (SSSR count). The summed E-state index contributed by atoms with van der Waals surface area (Å²) >= 11 is 0. The van der Waals surface area contributed by atoms with E-state index in [-0.39, 0.29) is 24.7 Å². The zero-order valence-corrected chi connectivity index (χ0v) is 12.0. The first-order valence-corrected chi connectivity index (χ1v) is 6.48. The summed E-state index contributed by atoms with van der Waals surface area (Å²) in [5.41, 5.74) is 0.329. The molecule has 0 aromatic carbocycles. The summed E-state index contributed by atoms with van der Waals surface area (Å²) in [7, 11) is 0. The van der Waals surface area contributed by atoms with Crippen LogP contribution in [0.15, 0.2) is 12.2 Å². The summed E-state index contributed by atoms with van der Waals surface area (Å²) in [6, 6.07) is 0. The molecule has 0 aromatic rings. The highest BCUT2D eigenvalue weighted by Gasteiger charge is 2.15. The normalized spacial score (nSPS) is 9.84. The van der Waals surface area contributed by atoms with Gasteiger partial charge in [0.2, 0.25) is 5.91 Å². The van der Waals surface area contributed by atoms with Gasteiger partial charge in [0.1, 0.15) is 12.4 Å². The second kappa shape index (κ2) is 9.30. The van der Waals surface area contributed by atoms with Crippen LogP contribution in [-0.4, -0.2) is 42.3 Å². The third kappa shape index (κ3) is 8.13. The molecular weight excluding hydrogens is 246 g/mol. The SMILES string of the molecule is C=C(C)C(=O)OCCN(CCCC)C(=O)CC(C)=O. The van der Waals surface area contributed by atoms with Crippen LogP contribution in [0.5, 0.6) is 0 Å². The van der Waals surface area contributed by atoms with Crippen molar-refractivity contribution in [3.63, 3.8) is 0 Å². The summed E-state index contributed by atoms with van der Waals surface area (Å²) in [5.74, 6) is -0.841. The second-order valence-electron chi connectivity index (χ2n) is 4.53. The maximum Gasteiger partial charge on any atom is 0.333 e. The zero-order chi connectivity index (χ0) is 14.8. The predicted molar refractivity (Wildman–Crippen MR) is 72.6 cm³/mol. The number of nitrogens with zero attached hydrogens (tertiary/aromatic N) is 1. The van der Waals surface area contributed by atoms with Gasteiger partial charge in [-0.25, -0.2) is 4.79 Å². The maximum atomic E-state index is 11.8. The number of rotatable bonds is 9. The van der Waals surface area contributed by atoms with Crippen LogP contribution in [0.1, 0.15) is 40.0 Å². The number of carbonyl (C=O) groups excluding carboxylic acids is 3. The predicted octanol–water partition coefficient (Wildman–Crippen LogP) is 1.71. The largest absolute Gasteiger partial charge is 0.460 e. The summed E-state index contributed by atoms with van der Waals surface area (Å²) in [4.78, 5) is 35.5. The Morgan fingerprint density at radius 2 is 1.79 bits per heavy atom. The minimum absolute atomic E-state index is 0.0991. The van der Waals surface area contributed by atoms with Gasteiger partial charge < -0.3 is 9.64 Å². The third-order valence-electron chi connectivity index (χ3n) is 2.48. The number of carbonyl (C=O) groups is 3. The first-order chi connectivity index (χ1) is 8.88. The Hall–Kier alpha value is -1.65. The van der Waals surface area contributed by atoms with E-state index >= 15 is 0 Å². The van der Waals surface area contributed by atoms with Crippen molar-refractivity contribution in [1.29, 1.82) is 0 Å². The highest BCUT2D eigenvalue weighted by atomic mass is 16.5. The van der Waals surface area contributed by atoms with Crippen molar-refractivity contribution >= 4 is 17.7 Å². The van der Waals surface area contributed by atoms with Crippen LogP contribution >= 0.6 is 0 Å². The fourth-order valence-corrected chi connectivity index (χ4v) is 1.41. The Morgan fingerprint density at radius 3 is 2.26 bits per heavy atom. The topological polar surface area (TPSA) is 63.7 Å². The summed E-state index contributed by atoms with van der Waals surface area (Å²) in [5, 5.41) is 0. The molecule has 0 aromatic heterocycles. The van der Waals surface area contributed by atoms with E-state index in [0.29, 0.717) is 18.7 Å². The highest BCUT2D eigenvalue weighted by molar-refractivity contribution is 5.96. The molecule has 0 atom stereocenters. The van der Waals surface area contributed by atoms with Crippen LogP contribution in [0.2, 0.25) is 0 Å². The smallest absolute Gasteiger partial charge is 0.333 e. The molecular formula is C14H23NO4. The van der Waals surface area contributed by atoms with Gasteiger partial charge in [0.05, 0.1) is 13.0 Å². The van der Waals surface area contributed by atoms with E-state index in [9.17, 15) is 14.4 Å². The van der Waals surface area contributed by atoms with Gasteiger partial charge in [-0.05, 0) is 20.3 Å². The molecule has 0 aliphatic heterocycles. The minimum atomic E-state index is -0.463. The van der Waals surface area contributed by atoms with Gasteiger partial charge in [-0.15, -0.1) is 0 Å². The van der Waals surface area contributed by atoms with Crippen LogP contribution in [0.25, 0.3) is 0 Å². The molecule has 0 unspecified atom stereocenters. The van der Waals surface area contributed by atoms with Gasteiger partial charge in [-0.1, -0.05) is 19.9 Å². The molecule has 108 valence electrons. The van der Waals surface area contributed by atoms with E-state index in [0.717, 1.165) is 12.8 Å². The number of unbranched alkanes of at least 4 members (excludes halogenated alkanes) is 1. The van der Waals surface area contributed by atoms with Crippen molar-refractivity contribution in [2.24, 2.45) is 0 Å². The van der Waals surface area contributed by atoms with Crippen molar-refractivity contribution in [3.05, 3.63) is 12.2 Å². The van der Waals surface area contributed by atoms with Crippen molar-refractivity contribution < 1.29 is 19.1 Å². The molecule has 0 N–H and O–H groups in total. The Balaban J connectivity index is 4.26. The number of hydrogen-bond donors (Lipinski definition) is 0. The molecule has 0 aliphatic rings. The highest BCUT2D eigenvalue weighted by Crippen LogP contribution is 2.01. The van der Waals surface area contributed by atoms with Crippen molar-refractivity contribution in [2.75, 3.05) is 19.7 Å². The molecule has 0 spiro atoms. The van der Waals surface area contributed by atoms with Crippen LogP contribution in [0.4, 0.5) is 0 Å². The standard InChI is InChI=1S/C14H23NO4/c1-5-6-7-15(13(17)10-12(4)16)8-9-19-14(18)11(2)3/h2,5-10H2,1,3-4H3. The molecule has 0 aliphatic carbocycles. The van der Waals surface area contributed by atoms with E-state index in [1.54, 1.807) is 11.8 Å². The lowest BCUT2D eigenvalue weighted by Gasteiger charge is -2.22. The Labute approximate surface area is 114 Å². The van der Waals surface area contributed by atoms with Gasteiger partial charge in [-0.3, -0.25) is 9.59 Å². The quantitative estimate of drug-likeness (QED) is 0.363. The lowest BCUT2D eigenvalue weighted by atomic mass is 10.2. The van der Waals surface area contributed by atoms with Gasteiger partial charge in [0, 0.05) is 12.1 Å². The van der Waals surface area contributed by atoms with Crippen molar-refractivity contribution in [1.82, 2.24) is 4.90 Å². The third-order valence-corrected chi connectivity index (χ3v) is 2.48. The molecule has 0 radical (unpaired) electrons. The fraction of sp³-hybridized carbons (Fsp3) is 0.643. The van der Waals surface area contributed by atoms with E-state index in [1.165, 1.54) is 6.92 Å². The first kappa shape index (κ1) is 17.4.